The Morgan fingerprint density at radius 1 is 1.45 bits per heavy atom. The highest BCUT2D eigenvalue weighted by molar-refractivity contribution is 14.1. The molecule has 3 aromatic rings. The summed E-state index contributed by atoms with van der Waals surface area (Å²) >= 11 is 7.27. The molecular formula is C13H10FIN4S. The highest BCUT2D eigenvalue weighted by atomic mass is 127. The number of benzene rings is 1. The fraction of sp³-hybridized carbons (Fsp3) is 0.154. The summed E-state index contributed by atoms with van der Waals surface area (Å²) in [7, 11) is 0. The molecule has 0 amide bonds. The lowest BCUT2D eigenvalue weighted by atomic mass is 10.3. The first-order valence-corrected chi connectivity index (χ1v) is 7.39. The van der Waals surface area contributed by atoms with Crippen LogP contribution in [0.4, 0.5) is 4.39 Å². The number of imidazole rings is 1. The largest absolute Gasteiger partial charge is 0.331 e. The summed E-state index contributed by atoms with van der Waals surface area (Å²) in [5.74, 6) is 0.453. The predicted octanol–water partition coefficient (Wildman–Crippen LogP) is 3.59. The molecule has 20 heavy (non-hydrogen) atoms. The van der Waals surface area contributed by atoms with Crippen LogP contribution in [0.15, 0.2) is 24.4 Å². The van der Waals surface area contributed by atoms with E-state index in [1.54, 1.807) is 12.3 Å². The summed E-state index contributed by atoms with van der Waals surface area (Å²) in [4.78, 5) is 11.5. The second-order valence-electron chi connectivity index (χ2n) is 4.39. The number of aromatic amines is 1. The Balaban J connectivity index is 2.14. The van der Waals surface area contributed by atoms with Crippen LogP contribution in [-0.4, -0.2) is 19.5 Å². The lowest BCUT2D eigenvalue weighted by Crippen LogP contribution is -2.03. The first-order valence-electron chi connectivity index (χ1n) is 5.90. The molecule has 1 aromatic carbocycles. The SMILES string of the molecule is Cc1nccc(Cn2c(=S)[nH]c3cc(I)c(F)cc32)n1. The Labute approximate surface area is 133 Å². The van der Waals surface area contributed by atoms with E-state index in [9.17, 15) is 4.39 Å². The number of halogens is 2. The van der Waals surface area contributed by atoms with Crippen molar-refractivity contribution in [2.45, 2.75) is 13.5 Å². The number of nitrogens with one attached hydrogen (secondary N) is 1. The van der Waals surface area contributed by atoms with E-state index in [-0.39, 0.29) is 5.82 Å². The minimum Gasteiger partial charge on any atom is -0.331 e. The molecule has 0 bridgehead atoms. The zero-order valence-electron chi connectivity index (χ0n) is 10.5. The van der Waals surface area contributed by atoms with Gasteiger partial charge in [0.25, 0.3) is 0 Å². The van der Waals surface area contributed by atoms with Gasteiger partial charge in [0.1, 0.15) is 11.6 Å². The van der Waals surface area contributed by atoms with Crippen molar-refractivity contribution in [1.29, 1.82) is 0 Å². The number of hydrogen-bond acceptors (Lipinski definition) is 3. The first-order chi connectivity index (χ1) is 9.54. The third-order valence-electron chi connectivity index (χ3n) is 2.97. The van der Waals surface area contributed by atoms with Crippen LogP contribution >= 0.6 is 34.8 Å². The van der Waals surface area contributed by atoms with Gasteiger partial charge in [0.2, 0.25) is 0 Å². The van der Waals surface area contributed by atoms with Gasteiger partial charge in [-0.1, -0.05) is 0 Å². The van der Waals surface area contributed by atoms with Gasteiger partial charge < -0.3 is 9.55 Å². The zero-order valence-corrected chi connectivity index (χ0v) is 13.5. The van der Waals surface area contributed by atoms with E-state index in [4.69, 9.17) is 12.2 Å². The van der Waals surface area contributed by atoms with Gasteiger partial charge >= 0.3 is 0 Å². The number of hydrogen-bond donors (Lipinski definition) is 1. The van der Waals surface area contributed by atoms with Crippen LogP contribution in [-0.2, 0) is 6.54 Å². The molecule has 2 aromatic heterocycles. The monoisotopic (exact) mass is 400 g/mol. The molecule has 7 heteroatoms. The average Bonchev–Trinajstić information content (AvgIpc) is 2.67. The fourth-order valence-corrected chi connectivity index (χ4v) is 2.80. The van der Waals surface area contributed by atoms with E-state index in [2.05, 4.69) is 15.0 Å². The first kappa shape index (κ1) is 13.6. The Morgan fingerprint density at radius 3 is 3.00 bits per heavy atom. The third-order valence-corrected chi connectivity index (χ3v) is 4.12. The molecule has 0 aliphatic heterocycles. The van der Waals surface area contributed by atoms with Crippen molar-refractivity contribution in [3.63, 3.8) is 0 Å². The number of nitrogens with zero attached hydrogens (tertiary/aromatic N) is 3. The van der Waals surface area contributed by atoms with Crippen LogP contribution in [0.5, 0.6) is 0 Å². The van der Waals surface area contributed by atoms with Crippen molar-refractivity contribution < 1.29 is 4.39 Å². The van der Waals surface area contributed by atoms with Crippen LogP contribution in [0.25, 0.3) is 11.0 Å². The van der Waals surface area contributed by atoms with Crippen molar-refractivity contribution in [2.75, 3.05) is 0 Å². The van der Waals surface area contributed by atoms with Crippen molar-refractivity contribution >= 4 is 45.8 Å². The van der Waals surface area contributed by atoms with Gasteiger partial charge in [0, 0.05) is 12.3 Å². The molecule has 0 spiro atoms. The van der Waals surface area contributed by atoms with Gasteiger partial charge in [-0.15, -0.1) is 0 Å². The molecule has 0 saturated carbocycles. The minimum absolute atomic E-state index is 0.250. The summed E-state index contributed by atoms with van der Waals surface area (Å²) in [6, 6.07) is 5.08. The van der Waals surface area contributed by atoms with E-state index in [1.807, 2.05) is 40.1 Å². The quantitative estimate of drug-likeness (QED) is 0.529. The van der Waals surface area contributed by atoms with Gasteiger partial charge in [0.15, 0.2) is 4.77 Å². The van der Waals surface area contributed by atoms with E-state index < -0.39 is 0 Å². The number of aromatic nitrogens is 4. The molecule has 4 nitrogen and oxygen atoms in total. The van der Waals surface area contributed by atoms with Crippen LogP contribution < -0.4 is 0 Å². The molecule has 102 valence electrons. The summed E-state index contributed by atoms with van der Waals surface area (Å²) in [6.07, 6.45) is 1.71. The van der Waals surface area contributed by atoms with E-state index in [0.717, 1.165) is 16.7 Å². The molecule has 2 heterocycles. The smallest absolute Gasteiger partial charge is 0.178 e. The van der Waals surface area contributed by atoms with Gasteiger partial charge in [0.05, 0.1) is 26.8 Å². The summed E-state index contributed by atoms with van der Waals surface area (Å²) in [6.45, 7) is 2.32. The van der Waals surface area contributed by atoms with Crippen LogP contribution in [0.2, 0.25) is 0 Å². The second-order valence-corrected chi connectivity index (χ2v) is 5.94. The number of fused-ring (bicyclic) bond motifs is 1. The van der Waals surface area contributed by atoms with Gasteiger partial charge in [-0.05, 0) is 53.9 Å². The van der Waals surface area contributed by atoms with Gasteiger partial charge in [-0.2, -0.15) is 0 Å². The van der Waals surface area contributed by atoms with Gasteiger partial charge in [-0.3, -0.25) is 0 Å². The molecule has 1 N–H and O–H groups in total. The lowest BCUT2D eigenvalue weighted by molar-refractivity contribution is 0.621. The third kappa shape index (κ3) is 2.47. The maximum atomic E-state index is 13.7. The van der Waals surface area contributed by atoms with E-state index in [0.29, 0.717) is 20.7 Å². The maximum absolute atomic E-state index is 13.7. The Morgan fingerprint density at radius 2 is 2.25 bits per heavy atom. The summed E-state index contributed by atoms with van der Waals surface area (Å²) in [5.41, 5.74) is 2.41. The van der Waals surface area contributed by atoms with Crippen LogP contribution in [0.3, 0.4) is 0 Å². The molecule has 0 aliphatic carbocycles. The van der Waals surface area contributed by atoms with Crippen molar-refractivity contribution in [3.8, 4) is 0 Å². The molecule has 0 radical (unpaired) electrons. The molecule has 0 aliphatic rings. The van der Waals surface area contributed by atoms with E-state index in [1.165, 1.54) is 6.07 Å². The Kier molecular flexibility index (Phi) is 3.55. The molecule has 0 atom stereocenters. The van der Waals surface area contributed by atoms with Gasteiger partial charge in [-0.25, -0.2) is 14.4 Å². The molecule has 3 rings (SSSR count). The summed E-state index contributed by atoms with van der Waals surface area (Å²) in [5, 5.41) is 0. The van der Waals surface area contributed by atoms with Crippen LogP contribution in [0, 0.1) is 21.1 Å². The van der Waals surface area contributed by atoms with Crippen molar-refractivity contribution in [1.82, 2.24) is 19.5 Å². The molecule has 0 unspecified atom stereocenters. The summed E-state index contributed by atoms with van der Waals surface area (Å²) < 4.78 is 16.7. The van der Waals surface area contributed by atoms with Crippen LogP contribution in [0.1, 0.15) is 11.5 Å². The highest BCUT2D eigenvalue weighted by Gasteiger charge is 2.09. The topological polar surface area (TPSA) is 46.5 Å². The Hall–Kier alpha value is -1.35. The Bertz CT molecular complexity index is 855. The number of aryl methyl sites for hydroxylation is 1. The maximum Gasteiger partial charge on any atom is 0.178 e. The van der Waals surface area contributed by atoms with Crippen molar-refractivity contribution in [2.24, 2.45) is 0 Å². The fourth-order valence-electron chi connectivity index (χ4n) is 2.06. The minimum atomic E-state index is -0.250. The number of rotatable bonds is 2. The number of H-pyrrole nitrogens is 1. The lowest BCUT2D eigenvalue weighted by Gasteiger charge is -2.05. The molecular weight excluding hydrogens is 390 g/mol. The normalized spacial score (nSPS) is 11.2. The highest BCUT2D eigenvalue weighted by Crippen LogP contribution is 2.21. The molecule has 0 saturated heterocycles. The standard InChI is InChI=1S/C13H10FIN4S/c1-7-16-3-2-8(17-7)6-19-12-4-9(14)10(15)5-11(12)18-13(19)20/h2-5H,6H2,1H3,(H,18,20). The second kappa shape index (κ2) is 5.21. The van der Waals surface area contributed by atoms with Crippen molar-refractivity contribution in [3.05, 3.63) is 50.1 Å². The van der Waals surface area contributed by atoms with E-state index >= 15 is 0 Å². The average molecular weight is 400 g/mol. The molecule has 0 fully saturated rings. The predicted molar refractivity (Wildman–Crippen MR) is 85.7 cm³/mol. The zero-order chi connectivity index (χ0) is 14.3.